The number of hydrogen-bond donors (Lipinski definition) is 1. The van der Waals surface area contributed by atoms with Crippen molar-refractivity contribution in [2.75, 3.05) is 32.1 Å². The Morgan fingerprint density at radius 1 is 1.44 bits per heavy atom. The number of rotatable bonds is 6. The Morgan fingerprint density at radius 3 is 2.50 bits per heavy atom. The largest absolute Gasteiger partial charge is 0.478 e. The monoisotopic (exact) mass is 251 g/mol. The fraction of sp³-hybridized carbons (Fsp3) is 0.538. The fourth-order valence-corrected chi connectivity index (χ4v) is 2.01. The zero-order valence-electron chi connectivity index (χ0n) is 11.4. The third kappa shape index (κ3) is 3.70. The first-order valence-electron chi connectivity index (χ1n) is 6.06. The van der Waals surface area contributed by atoms with Crippen LogP contribution in [0.15, 0.2) is 18.3 Å². The van der Waals surface area contributed by atoms with E-state index in [-0.39, 0.29) is 5.56 Å². The average molecular weight is 251 g/mol. The number of hydrogen-bond acceptors (Lipinski definition) is 4. The Kier molecular flexibility index (Phi) is 5.09. The second-order valence-electron chi connectivity index (χ2n) is 4.61. The lowest BCUT2D eigenvalue weighted by Gasteiger charge is -2.31. The number of aromatic carboxylic acids is 1. The summed E-state index contributed by atoms with van der Waals surface area (Å²) in [6.07, 6.45) is 1.41. The van der Waals surface area contributed by atoms with E-state index in [1.165, 1.54) is 6.20 Å². The van der Waals surface area contributed by atoms with E-state index in [0.29, 0.717) is 6.04 Å². The molecule has 0 bridgehead atoms. The summed E-state index contributed by atoms with van der Waals surface area (Å²) < 4.78 is 0. The van der Waals surface area contributed by atoms with Crippen molar-refractivity contribution in [1.29, 1.82) is 0 Å². The van der Waals surface area contributed by atoms with Crippen LogP contribution in [0.5, 0.6) is 0 Å². The van der Waals surface area contributed by atoms with Crippen LogP contribution in [0.3, 0.4) is 0 Å². The maximum Gasteiger partial charge on any atom is 0.337 e. The molecule has 1 rings (SSSR count). The molecular weight excluding hydrogens is 230 g/mol. The Morgan fingerprint density at radius 2 is 2.11 bits per heavy atom. The minimum absolute atomic E-state index is 0.218. The van der Waals surface area contributed by atoms with Gasteiger partial charge in [-0.15, -0.1) is 0 Å². The van der Waals surface area contributed by atoms with Crippen molar-refractivity contribution in [3.8, 4) is 0 Å². The van der Waals surface area contributed by atoms with Crippen LogP contribution in [0.4, 0.5) is 5.82 Å². The van der Waals surface area contributed by atoms with Gasteiger partial charge in [-0.1, -0.05) is 0 Å². The van der Waals surface area contributed by atoms with Crippen LogP contribution in [0.25, 0.3) is 0 Å². The number of carbonyl (C=O) groups is 1. The third-order valence-corrected chi connectivity index (χ3v) is 2.79. The molecule has 100 valence electrons. The van der Waals surface area contributed by atoms with Gasteiger partial charge in [-0.2, -0.15) is 0 Å². The van der Waals surface area contributed by atoms with Gasteiger partial charge in [-0.25, -0.2) is 9.78 Å². The molecule has 0 saturated carbocycles. The lowest BCUT2D eigenvalue weighted by atomic mass is 10.2. The van der Waals surface area contributed by atoms with Gasteiger partial charge in [0.15, 0.2) is 0 Å². The number of carboxylic acid groups (broad SMARTS) is 1. The van der Waals surface area contributed by atoms with Crippen molar-refractivity contribution in [2.24, 2.45) is 0 Å². The minimum Gasteiger partial charge on any atom is -0.478 e. The van der Waals surface area contributed by atoms with Gasteiger partial charge in [0.1, 0.15) is 5.82 Å². The molecule has 1 aromatic heterocycles. The first kappa shape index (κ1) is 14.4. The topological polar surface area (TPSA) is 56.7 Å². The van der Waals surface area contributed by atoms with Crippen molar-refractivity contribution in [1.82, 2.24) is 9.88 Å². The van der Waals surface area contributed by atoms with E-state index in [0.717, 1.165) is 18.9 Å². The highest BCUT2D eigenvalue weighted by Crippen LogP contribution is 2.14. The molecule has 1 atom stereocenters. The predicted molar refractivity (Wildman–Crippen MR) is 72.2 cm³/mol. The van der Waals surface area contributed by atoms with Crippen LogP contribution in [0.1, 0.15) is 24.2 Å². The molecule has 1 N–H and O–H groups in total. The molecule has 0 aliphatic carbocycles. The molecule has 5 heteroatoms. The van der Waals surface area contributed by atoms with Crippen molar-refractivity contribution in [3.63, 3.8) is 0 Å². The number of aromatic nitrogens is 1. The van der Waals surface area contributed by atoms with Crippen molar-refractivity contribution >= 4 is 11.8 Å². The highest BCUT2D eigenvalue weighted by Gasteiger charge is 2.15. The average Bonchev–Trinajstić information content (AvgIpc) is 2.29. The SMILES string of the molecule is CCN(c1ccc(C(=O)O)cn1)C(C)CN(C)C. The standard InChI is InChI=1S/C13H21N3O2/c1-5-16(10(2)9-15(3)4)12-7-6-11(8-14-12)13(17)18/h6-8,10H,5,9H2,1-4H3,(H,17,18). The minimum atomic E-state index is -0.946. The normalized spacial score (nSPS) is 12.5. The number of nitrogens with zero attached hydrogens (tertiary/aromatic N) is 3. The Hall–Kier alpha value is -1.62. The van der Waals surface area contributed by atoms with Gasteiger partial charge < -0.3 is 14.9 Å². The van der Waals surface area contributed by atoms with Crippen LogP contribution in [-0.2, 0) is 0 Å². The van der Waals surface area contributed by atoms with Crippen molar-refractivity contribution < 1.29 is 9.90 Å². The van der Waals surface area contributed by atoms with Crippen LogP contribution in [0.2, 0.25) is 0 Å². The molecule has 1 heterocycles. The van der Waals surface area contributed by atoms with E-state index in [9.17, 15) is 4.79 Å². The molecule has 0 aliphatic heterocycles. The van der Waals surface area contributed by atoms with E-state index < -0.39 is 5.97 Å². The van der Waals surface area contributed by atoms with E-state index in [2.05, 4.69) is 28.6 Å². The van der Waals surface area contributed by atoms with Gasteiger partial charge in [0, 0.05) is 25.3 Å². The fourth-order valence-electron chi connectivity index (χ4n) is 2.01. The number of anilines is 1. The number of likely N-dealkylation sites (N-methyl/N-ethyl adjacent to an activating group) is 2. The summed E-state index contributed by atoms with van der Waals surface area (Å²) in [4.78, 5) is 19.3. The van der Waals surface area contributed by atoms with Crippen LogP contribution >= 0.6 is 0 Å². The number of carboxylic acids is 1. The molecule has 0 spiro atoms. The second-order valence-corrected chi connectivity index (χ2v) is 4.61. The quantitative estimate of drug-likeness (QED) is 0.831. The molecule has 5 nitrogen and oxygen atoms in total. The first-order chi connectivity index (χ1) is 8.45. The summed E-state index contributed by atoms with van der Waals surface area (Å²) in [5.41, 5.74) is 0.218. The summed E-state index contributed by atoms with van der Waals surface area (Å²) in [6, 6.07) is 3.68. The van der Waals surface area contributed by atoms with Crippen LogP contribution in [0, 0.1) is 0 Å². The van der Waals surface area contributed by atoms with E-state index in [1.807, 2.05) is 14.1 Å². The molecule has 0 saturated heterocycles. The summed E-state index contributed by atoms with van der Waals surface area (Å²) in [7, 11) is 4.07. The molecule has 18 heavy (non-hydrogen) atoms. The van der Waals surface area contributed by atoms with Gasteiger partial charge in [0.25, 0.3) is 0 Å². The lowest BCUT2D eigenvalue weighted by Crippen LogP contribution is -2.40. The van der Waals surface area contributed by atoms with Crippen LogP contribution in [-0.4, -0.2) is 54.2 Å². The molecule has 0 fully saturated rings. The molecule has 0 amide bonds. The number of pyridine rings is 1. The molecule has 1 aromatic rings. The maximum atomic E-state index is 10.8. The van der Waals surface area contributed by atoms with Gasteiger partial charge in [0.2, 0.25) is 0 Å². The van der Waals surface area contributed by atoms with E-state index in [1.54, 1.807) is 12.1 Å². The summed E-state index contributed by atoms with van der Waals surface area (Å²) in [5, 5.41) is 8.84. The zero-order chi connectivity index (χ0) is 13.7. The van der Waals surface area contributed by atoms with Gasteiger partial charge >= 0.3 is 5.97 Å². The van der Waals surface area contributed by atoms with Gasteiger partial charge in [-0.3, -0.25) is 0 Å². The predicted octanol–water partition coefficient (Wildman–Crippen LogP) is 1.56. The Bertz CT molecular complexity index is 390. The summed E-state index contributed by atoms with van der Waals surface area (Å²) in [5.74, 6) is -0.129. The van der Waals surface area contributed by atoms with Gasteiger partial charge in [-0.05, 0) is 40.1 Å². The zero-order valence-corrected chi connectivity index (χ0v) is 11.4. The smallest absolute Gasteiger partial charge is 0.337 e. The molecule has 0 aliphatic rings. The third-order valence-electron chi connectivity index (χ3n) is 2.79. The Labute approximate surface area is 108 Å². The van der Waals surface area contributed by atoms with Gasteiger partial charge in [0.05, 0.1) is 5.56 Å². The molecule has 1 unspecified atom stereocenters. The van der Waals surface area contributed by atoms with E-state index in [4.69, 9.17) is 5.11 Å². The highest BCUT2D eigenvalue weighted by atomic mass is 16.4. The second kappa shape index (κ2) is 6.35. The van der Waals surface area contributed by atoms with E-state index >= 15 is 0 Å². The molecule has 0 aromatic carbocycles. The van der Waals surface area contributed by atoms with Crippen LogP contribution < -0.4 is 4.90 Å². The summed E-state index contributed by atoms with van der Waals surface area (Å²) in [6.45, 7) is 5.97. The highest BCUT2D eigenvalue weighted by molar-refractivity contribution is 5.87. The van der Waals surface area contributed by atoms with Crippen molar-refractivity contribution in [2.45, 2.75) is 19.9 Å². The summed E-state index contributed by atoms with van der Waals surface area (Å²) >= 11 is 0. The maximum absolute atomic E-state index is 10.8. The Balaban J connectivity index is 2.85. The molecular formula is C13H21N3O2. The first-order valence-corrected chi connectivity index (χ1v) is 6.06. The lowest BCUT2D eigenvalue weighted by molar-refractivity contribution is 0.0696. The molecule has 0 radical (unpaired) electrons. The van der Waals surface area contributed by atoms with Crippen molar-refractivity contribution in [3.05, 3.63) is 23.9 Å².